The highest BCUT2D eigenvalue weighted by atomic mass is 32.1. The molecule has 11 nitrogen and oxygen atoms in total. The minimum atomic E-state index is 0.950. The number of H-pyrrole nitrogens is 4. The van der Waals surface area contributed by atoms with Gasteiger partial charge in [0.2, 0.25) is 0 Å². The van der Waals surface area contributed by atoms with Crippen LogP contribution in [0.4, 0.5) is 0 Å². The monoisotopic (exact) mass is 1240 g/mol. The minimum absolute atomic E-state index is 0.950. The lowest BCUT2D eigenvalue weighted by molar-refractivity contribution is 0.313. The molecule has 12 heteroatoms. The zero-order valence-electron chi connectivity index (χ0n) is 55.6. The maximum absolute atomic E-state index is 4.42. The van der Waals surface area contributed by atoms with Crippen molar-refractivity contribution in [2.24, 2.45) is 0 Å². The van der Waals surface area contributed by atoms with E-state index in [1.165, 1.54) is 122 Å². The first-order valence-electron chi connectivity index (χ1n) is 32.7. The number of fused-ring (bicyclic) bond motifs is 12. The number of likely N-dealkylation sites (N-methyl/N-ethyl adjacent to an activating group) is 4. The number of aromatic amines is 4. The van der Waals surface area contributed by atoms with Gasteiger partial charge in [-0.05, 0) is 217 Å². The molecule has 4 aliphatic rings. The summed E-state index contributed by atoms with van der Waals surface area (Å²) in [6.45, 7) is 21.2. The summed E-state index contributed by atoms with van der Waals surface area (Å²) in [5.41, 5.74) is 31.5. The molecule has 0 fully saturated rings. The first-order chi connectivity index (χ1) is 45.1. The van der Waals surface area contributed by atoms with E-state index in [9.17, 15) is 0 Å². The van der Waals surface area contributed by atoms with Gasteiger partial charge in [0.05, 0.1) is 21.4 Å². The van der Waals surface area contributed by atoms with Crippen molar-refractivity contribution in [3.63, 3.8) is 0 Å². The lowest BCUT2D eigenvalue weighted by atomic mass is 9.98. The van der Waals surface area contributed by atoms with E-state index in [2.05, 4.69) is 218 Å². The summed E-state index contributed by atoms with van der Waals surface area (Å²) < 4.78 is 0. The normalized spacial score (nSPS) is 14.6. The van der Waals surface area contributed by atoms with E-state index in [1.807, 2.05) is 56.6 Å². The molecule has 93 heavy (non-hydrogen) atoms. The molecule has 12 aromatic rings. The summed E-state index contributed by atoms with van der Waals surface area (Å²) >= 11 is 1.69. The van der Waals surface area contributed by atoms with Crippen molar-refractivity contribution in [2.75, 3.05) is 54.4 Å². The number of aryl methyl sites for hydroxylation is 8. The molecule has 0 atom stereocenters. The Hall–Kier alpha value is -9.29. The molecule has 0 bridgehead atoms. The average Bonchev–Trinajstić information content (AvgIpc) is 1.75. The van der Waals surface area contributed by atoms with Gasteiger partial charge in [-0.1, -0.05) is 59.3 Å². The van der Waals surface area contributed by atoms with Crippen LogP contribution >= 0.6 is 11.3 Å². The zero-order valence-corrected chi connectivity index (χ0v) is 56.4. The van der Waals surface area contributed by atoms with Gasteiger partial charge in [-0.3, -0.25) is 15.0 Å². The van der Waals surface area contributed by atoms with Crippen LogP contribution in [0, 0.1) is 77.1 Å². The fourth-order valence-corrected chi connectivity index (χ4v) is 14.2. The second-order valence-corrected chi connectivity index (χ2v) is 27.2. The van der Waals surface area contributed by atoms with Crippen molar-refractivity contribution in [3.05, 3.63) is 250 Å². The molecule has 4 aliphatic heterocycles. The molecule has 0 saturated carbocycles. The predicted octanol–water partition coefficient (Wildman–Crippen LogP) is 14.7. The van der Waals surface area contributed by atoms with E-state index >= 15 is 0 Å². The molecule has 0 saturated heterocycles. The van der Waals surface area contributed by atoms with Crippen LogP contribution < -0.4 is 0 Å². The number of thiophene rings is 1. The van der Waals surface area contributed by atoms with Crippen LogP contribution in [-0.2, 0) is 64.7 Å². The summed E-state index contributed by atoms with van der Waals surface area (Å²) in [6.07, 6.45) is 13.9. The zero-order chi connectivity index (χ0) is 64.3. The summed E-state index contributed by atoms with van der Waals surface area (Å²) in [6, 6.07) is 34.4. The third-order valence-corrected chi connectivity index (χ3v) is 19.3. The Bertz CT molecular complexity index is 4910. The molecule has 4 aromatic carbocycles. The van der Waals surface area contributed by atoms with E-state index < -0.39 is 0 Å². The standard InChI is InChI=1S/C21H25N3.C21H21N3.C20H19N3.C19H18N2S/c2*1-14-10-17(7-6-16-5-4-15(2)22-12-16)21-18(11-14)19-13-24(3)9-8-20(19)23-21;1-14-11-16(4-3-15-5-8-21-9-6-15)20-17(12-14)18-13-23(2)10-7-19(18)22-20;1-13-10-14(5-6-15-4-3-9-22-15)19-16(11-13)17-12-21(2)8-7-18(17)20-19/h4-5,10-12,23H,6-9,13H2,1-3H3;4-5,10-12,23H,8-9,13H2,1-3H3;5-6,8-9,11-12,22H,7,10,13H2,1-2H3;3-4,9-11,20H,7-8,12H2,1-2H3. The van der Waals surface area contributed by atoms with Crippen LogP contribution in [0.3, 0.4) is 0 Å². The number of nitrogens with zero attached hydrogens (tertiary/aromatic N) is 7. The topological polar surface area (TPSA) is 115 Å². The summed E-state index contributed by atoms with van der Waals surface area (Å²) in [5, 5.41) is 7.48. The fraction of sp³-hybridized carbons (Fsp3) is 0.296. The highest BCUT2D eigenvalue weighted by molar-refractivity contribution is 7.10. The molecule has 16 rings (SSSR count). The highest BCUT2D eigenvalue weighted by Gasteiger charge is 2.24. The van der Waals surface area contributed by atoms with Gasteiger partial charge in [0.25, 0.3) is 0 Å². The van der Waals surface area contributed by atoms with Crippen molar-refractivity contribution in [1.29, 1.82) is 0 Å². The number of rotatable bonds is 3. The van der Waals surface area contributed by atoms with Crippen LogP contribution in [-0.4, -0.2) is 109 Å². The number of nitrogens with one attached hydrogen (secondary N) is 4. The summed E-state index contributed by atoms with van der Waals surface area (Å²) in [5.74, 6) is 19.8. The van der Waals surface area contributed by atoms with E-state index in [1.54, 1.807) is 23.7 Å². The summed E-state index contributed by atoms with van der Waals surface area (Å²) in [4.78, 5) is 38.1. The Morgan fingerprint density at radius 1 is 0.419 bits per heavy atom. The van der Waals surface area contributed by atoms with E-state index in [0.717, 1.165) is 135 Å². The Morgan fingerprint density at radius 3 is 1.27 bits per heavy atom. The smallest absolute Gasteiger partial charge is 0.0772 e. The van der Waals surface area contributed by atoms with Crippen LogP contribution in [0.2, 0.25) is 0 Å². The van der Waals surface area contributed by atoms with Crippen molar-refractivity contribution in [3.8, 4) is 35.5 Å². The average molecular weight is 1240 g/mol. The van der Waals surface area contributed by atoms with Gasteiger partial charge in [-0.15, -0.1) is 11.3 Å². The van der Waals surface area contributed by atoms with E-state index in [-0.39, 0.29) is 0 Å². The molecular formula is C81H83N11S. The molecule has 0 aliphatic carbocycles. The van der Waals surface area contributed by atoms with Crippen molar-refractivity contribution < 1.29 is 0 Å². The maximum atomic E-state index is 4.42. The largest absolute Gasteiger partial charge is 0.358 e. The lowest BCUT2D eigenvalue weighted by Gasteiger charge is -2.22. The van der Waals surface area contributed by atoms with Crippen molar-refractivity contribution in [1.82, 2.24) is 54.5 Å². The van der Waals surface area contributed by atoms with Crippen molar-refractivity contribution in [2.45, 2.75) is 106 Å². The Morgan fingerprint density at radius 2 is 0.839 bits per heavy atom. The molecule has 0 amide bonds. The number of pyridine rings is 3. The Labute approximate surface area is 552 Å². The van der Waals surface area contributed by atoms with Gasteiger partial charge >= 0.3 is 0 Å². The van der Waals surface area contributed by atoms with E-state index in [4.69, 9.17) is 0 Å². The van der Waals surface area contributed by atoms with E-state index in [0.29, 0.717) is 0 Å². The second-order valence-electron chi connectivity index (χ2n) is 26.3. The molecule has 0 unspecified atom stereocenters. The minimum Gasteiger partial charge on any atom is -0.358 e. The first kappa shape index (κ1) is 62.5. The predicted molar refractivity (Wildman–Crippen MR) is 384 cm³/mol. The van der Waals surface area contributed by atoms with Crippen molar-refractivity contribution >= 4 is 54.9 Å². The number of hydrogen-bond donors (Lipinski definition) is 4. The quantitative estimate of drug-likeness (QED) is 0.130. The highest BCUT2D eigenvalue weighted by Crippen LogP contribution is 2.35. The van der Waals surface area contributed by atoms with Crippen LogP contribution in [0.5, 0.6) is 0 Å². The molecule has 468 valence electrons. The first-order valence-corrected chi connectivity index (χ1v) is 33.6. The van der Waals surface area contributed by atoms with Gasteiger partial charge in [-0.2, -0.15) is 0 Å². The molecule has 0 radical (unpaired) electrons. The van der Waals surface area contributed by atoms with Crippen LogP contribution in [0.15, 0.2) is 127 Å². The van der Waals surface area contributed by atoms with Gasteiger partial charge in [0.1, 0.15) is 0 Å². The third kappa shape index (κ3) is 14.4. The number of benzene rings is 4. The van der Waals surface area contributed by atoms with Crippen LogP contribution in [0.1, 0.15) is 122 Å². The SMILES string of the molecule is Cc1cc(C#Cc2ccc(C)nc2)c2[nH]c3c(c2c1)CN(C)CC3.Cc1cc(C#Cc2cccs2)c2[nH]c3c(c2c1)CN(C)CC3.Cc1cc(C#Cc2ccncc2)c2[nH]c3c(c2c1)CN(C)CC3.Cc1cc(CCc2ccc(C)nc2)c2[nH]c3c(c2c1)CN(C)CC3. The number of hydrogen-bond acceptors (Lipinski definition) is 8. The molecule has 0 spiro atoms. The number of aromatic nitrogens is 7. The lowest BCUT2D eigenvalue weighted by Crippen LogP contribution is -2.25. The molecular weight excluding hydrogens is 1160 g/mol. The van der Waals surface area contributed by atoms with Gasteiger partial charge in [0, 0.05) is 192 Å². The Balaban J connectivity index is 0.000000113. The molecule has 4 N–H and O–H groups in total. The van der Waals surface area contributed by atoms with Gasteiger partial charge in [-0.25, -0.2) is 0 Å². The fourth-order valence-electron chi connectivity index (χ4n) is 13.6. The van der Waals surface area contributed by atoms with Gasteiger partial charge < -0.3 is 39.5 Å². The third-order valence-electron chi connectivity index (χ3n) is 18.5. The maximum Gasteiger partial charge on any atom is 0.0772 e. The Kier molecular flexibility index (Phi) is 18.5. The van der Waals surface area contributed by atoms with Gasteiger partial charge in [0.15, 0.2) is 0 Å². The second kappa shape index (κ2) is 27.5. The molecule has 12 heterocycles. The molecule has 8 aromatic heterocycles. The van der Waals surface area contributed by atoms with Crippen LogP contribution in [0.25, 0.3) is 43.6 Å². The summed E-state index contributed by atoms with van der Waals surface area (Å²) in [7, 11) is 8.77.